The van der Waals surface area contributed by atoms with Gasteiger partial charge in [-0.05, 0) is 59.6 Å². The van der Waals surface area contributed by atoms with Crippen LogP contribution >= 0.6 is 27.7 Å². The Morgan fingerprint density at radius 3 is 2.71 bits per heavy atom. The fraction of sp³-hybridized carbons (Fsp3) is 0.188. The lowest BCUT2D eigenvalue weighted by Gasteiger charge is -2.14. The zero-order chi connectivity index (χ0) is 15.4. The van der Waals surface area contributed by atoms with Crippen molar-refractivity contribution in [2.45, 2.75) is 24.0 Å². The first-order chi connectivity index (χ1) is 9.97. The molecule has 0 bridgehead atoms. The summed E-state index contributed by atoms with van der Waals surface area (Å²) in [4.78, 5) is 13.3. The van der Waals surface area contributed by atoms with E-state index in [2.05, 4.69) is 21.2 Å². The standard InChI is InChI=1S/C16H17BrN2OS/c1-10-7-8-12(18)9-14(10)19-16(20)11(2)21-15-6-4-3-5-13(15)17/h3-9,11H,18H2,1-2H3,(H,19,20). The Morgan fingerprint density at radius 1 is 1.29 bits per heavy atom. The van der Waals surface area contributed by atoms with Crippen LogP contribution in [0.25, 0.3) is 0 Å². The maximum atomic E-state index is 12.3. The molecular weight excluding hydrogens is 348 g/mol. The largest absolute Gasteiger partial charge is 0.399 e. The third-order valence-electron chi connectivity index (χ3n) is 3.03. The third-order valence-corrected chi connectivity index (χ3v) is 5.16. The van der Waals surface area contributed by atoms with Crippen molar-refractivity contribution in [1.82, 2.24) is 0 Å². The van der Waals surface area contributed by atoms with E-state index in [0.29, 0.717) is 5.69 Å². The Hall–Kier alpha value is -1.46. The van der Waals surface area contributed by atoms with Gasteiger partial charge in [-0.2, -0.15) is 0 Å². The second-order valence-corrected chi connectivity index (χ2v) is 6.99. The maximum Gasteiger partial charge on any atom is 0.237 e. The molecule has 1 atom stereocenters. The van der Waals surface area contributed by atoms with Gasteiger partial charge in [0, 0.05) is 20.7 Å². The minimum atomic E-state index is -0.204. The van der Waals surface area contributed by atoms with Crippen LogP contribution in [0, 0.1) is 6.92 Å². The summed E-state index contributed by atoms with van der Waals surface area (Å²) in [6.45, 7) is 3.84. The molecule has 1 amide bonds. The first-order valence-corrected chi connectivity index (χ1v) is 8.23. The van der Waals surface area contributed by atoms with Crippen molar-refractivity contribution in [3.63, 3.8) is 0 Å². The highest BCUT2D eigenvalue weighted by Crippen LogP contribution is 2.31. The second-order valence-electron chi connectivity index (χ2n) is 4.75. The van der Waals surface area contributed by atoms with Gasteiger partial charge in [-0.3, -0.25) is 4.79 Å². The van der Waals surface area contributed by atoms with E-state index in [4.69, 9.17) is 5.73 Å². The highest BCUT2D eigenvalue weighted by atomic mass is 79.9. The number of amides is 1. The number of nitrogen functional groups attached to an aromatic ring is 1. The molecule has 5 heteroatoms. The average molecular weight is 365 g/mol. The number of aryl methyl sites for hydroxylation is 1. The molecule has 0 aliphatic carbocycles. The molecular formula is C16H17BrN2OS. The predicted molar refractivity (Wildman–Crippen MR) is 93.7 cm³/mol. The van der Waals surface area contributed by atoms with Crippen LogP contribution in [-0.2, 0) is 4.79 Å². The zero-order valence-corrected chi connectivity index (χ0v) is 14.3. The van der Waals surface area contributed by atoms with Crippen LogP contribution in [0.15, 0.2) is 51.8 Å². The lowest BCUT2D eigenvalue weighted by molar-refractivity contribution is -0.115. The van der Waals surface area contributed by atoms with E-state index >= 15 is 0 Å². The van der Waals surface area contributed by atoms with Crippen LogP contribution in [0.1, 0.15) is 12.5 Å². The van der Waals surface area contributed by atoms with Gasteiger partial charge in [0.05, 0.1) is 5.25 Å². The van der Waals surface area contributed by atoms with E-state index in [-0.39, 0.29) is 11.2 Å². The first kappa shape index (κ1) is 15.9. The number of halogens is 1. The molecule has 0 saturated carbocycles. The van der Waals surface area contributed by atoms with E-state index in [0.717, 1.165) is 20.6 Å². The van der Waals surface area contributed by atoms with Gasteiger partial charge in [-0.15, -0.1) is 11.8 Å². The Bertz CT molecular complexity index is 660. The van der Waals surface area contributed by atoms with Crippen molar-refractivity contribution in [3.8, 4) is 0 Å². The van der Waals surface area contributed by atoms with Gasteiger partial charge in [-0.25, -0.2) is 0 Å². The van der Waals surface area contributed by atoms with Crippen molar-refractivity contribution in [2.75, 3.05) is 11.1 Å². The van der Waals surface area contributed by atoms with E-state index in [1.807, 2.05) is 50.2 Å². The third kappa shape index (κ3) is 4.25. The zero-order valence-electron chi connectivity index (χ0n) is 11.9. The Balaban J connectivity index is 2.06. The molecule has 0 spiro atoms. The summed E-state index contributed by atoms with van der Waals surface area (Å²) in [5.41, 5.74) is 8.16. The molecule has 110 valence electrons. The van der Waals surface area contributed by atoms with Gasteiger partial charge in [0.2, 0.25) is 5.91 Å². The summed E-state index contributed by atoms with van der Waals surface area (Å²) in [5.74, 6) is -0.0375. The number of nitrogens with two attached hydrogens (primary N) is 1. The summed E-state index contributed by atoms with van der Waals surface area (Å²) in [5, 5.41) is 2.73. The summed E-state index contributed by atoms with van der Waals surface area (Å²) < 4.78 is 0.995. The van der Waals surface area contributed by atoms with E-state index in [9.17, 15) is 4.79 Å². The van der Waals surface area contributed by atoms with Crippen molar-refractivity contribution in [3.05, 3.63) is 52.5 Å². The minimum absolute atomic E-state index is 0.0375. The molecule has 0 fully saturated rings. The molecule has 21 heavy (non-hydrogen) atoms. The highest BCUT2D eigenvalue weighted by molar-refractivity contribution is 9.10. The topological polar surface area (TPSA) is 55.1 Å². The SMILES string of the molecule is Cc1ccc(N)cc1NC(=O)C(C)Sc1ccccc1Br. The number of hydrogen-bond donors (Lipinski definition) is 2. The number of anilines is 2. The van der Waals surface area contributed by atoms with Gasteiger partial charge in [0.25, 0.3) is 0 Å². The highest BCUT2D eigenvalue weighted by Gasteiger charge is 2.16. The fourth-order valence-corrected chi connectivity index (χ4v) is 3.24. The van der Waals surface area contributed by atoms with Crippen LogP contribution < -0.4 is 11.1 Å². The average Bonchev–Trinajstić information content (AvgIpc) is 2.45. The van der Waals surface area contributed by atoms with Crippen molar-refractivity contribution in [1.29, 1.82) is 0 Å². The molecule has 1 unspecified atom stereocenters. The molecule has 0 saturated heterocycles. The Morgan fingerprint density at radius 2 is 2.00 bits per heavy atom. The predicted octanol–water partition coefficient (Wildman–Crippen LogP) is 4.46. The molecule has 2 rings (SSSR count). The van der Waals surface area contributed by atoms with Gasteiger partial charge < -0.3 is 11.1 Å². The van der Waals surface area contributed by atoms with Crippen molar-refractivity contribution >= 4 is 45.0 Å². The first-order valence-electron chi connectivity index (χ1n) is 6.55. The molecule has 0 radical (unpaired) electrons. The van der Waals surface area contributed by atoms with Gasteiger partial charge in [0.1, 0.15) is 0 Å². The number of thioether (sulfide) groups is 1. The number of benzene rings is 2. The number of nitrogens with one attached hydrogen (secondary N) is 1. The van der Waals surface area contributed by atoms with Crippen molar-refractivity contribution < 1.29 is 4.79 Å². The number of hydrogen-bond acceptors (Lipinski definition) is 3. The Labute approximate surface area is 137 Å². The minimum Gasteiger partial charge on any atom is -0.399 e. The van der Waals surface area contributed by atoms with Gasteiger partial charge in [-0.1, -0.05) is 18.2 Å². The monoisotopic (exact) mass is 364 g/mol. The fourth-order valence-electron chi connectivity index (χ4n) is 1.79. The smallest absolute Gasteiger partial charge is 0.237 e. The molecule has 0 aromatic heterocycles. The van der Waals surface area contributed by atoms with Crippen LogP contribution in [0.4, 0.5) is 11.4 Å². The van der Waals surface area contributed by atoms with Crippen LogP contribution in [0.5, 0.6) is 0 Å². The van der Waals surface area contributed by atoms with Crippen LogP contribution in [0.2, 0.25) is 0 Å². The van der Waals surface area contributed by atoms with Crippen LogP contribution in [-0.4, -0.2) is 11.2 Å². The lowest BCUT2D eigenvalue weighted by atomic mass is 10.2. The molecule has 3 nitrogen and oxygen atoms in total. The quantitative estimate of drug-likeness (QED) is 0.621. The van der Waals surface area contributed by atoms with Gasteiger partial charge in [0.15, 0.2) is 0 Å². The summed E-state index contributed by atoms with van der Waals surface area (Å²) in [6, 6.07) is 13.4. The number of rotatable bonds is 4. The number of carbonyl (C=O) groups excluding carboxylic acids is 1. The van der Waals surface area contributed by atoms with E-state index < -0.39 is 0 Å². The molecule has 2 aromatic carbocycles. The van der Waals surface area contributed by atoms with Crippen LogP contribution in [0.3, 0.4) is 0 Å². The summed E-state index contributed by atoms with van der Waals surface area (Å²) in [6.07, 6.45) is 0. The molecule has 0 aliphatic heterocycles. The molecule has 3 N–H and O–H groups in total. The Kier molecular flexibility index (Phi) is 5.31. The second kappa shape index (κ2) is 7.00. The van der Waals surface area contributed by atoms with Crippen molar-refractivity contribution in [2.24, 2.45) is 0 Å². The molecule has 2 aromatic rings. The lowest BCUT2D eigenvalue weighted by Crippen LogP contribution is -2.22. The molecule has 0 aliphatic rings. The summed E-state index contributed by atoms with van der Waals surface area (Å²) in [7, 11) is 0. The van der Waals surface area contributed by atoms with Gasteiger partial charge >= 0.3 is 0 Å². The maximum absolute atomic E-state index is 12.3. The summed E-state index contributed by atoms with van der Waals surface area (Å²) >= 11 is 5.01. The van der Waals surface area contributed by atoms with E-state index in [1.54, 1.807) is 6.07 Å². The normalized spacial score (nSPS) is 12.0. The van der Waals surface area contributed by atoms with E-state index in [1.165, 1.54) is 11.8 Å². The number of carbonyl (C=O) groups is 1. The molecule has 0 heterocycles.